The molecule has 0 spiro atoms. The van der Waals surface area contributed by atoms with Crippen LogP contribution < -0.4 is 4.74 Å². The van der Waals surface area contributed by atoms with Gasteiger partial charge in [0.05, 0.1) is 18.2 Å². The summed E-state index contributed by atoms with van der Waals surface area (Å²) < 4.78 is 46.7. The molecule has 2 atom stereocenters. The minimum absolute atomic E-state index is 0.00659. The number of ether oxygens (including phenoxy) is 2. The Labute approximate surface area is 182 Å². The number of amides is 2. The largest absolute Gasteiger partial charge is 0.573 e. The molecule has 1 aromatic carbocycles. The first kappa shape index (κ1) is 21.9. The molecular weight excluding hydrogens is 431 g/mol. The predicted octanol–water partition coefficient (Wildman–Crippen LogP) is 4.38. The molecule has 2 aliphatic heterocycles. The molecule has 1 aromatic heterocycles. The summed E-state index contributed by atoms with van der Waals surface area (Å²) in [5, 5.41) is 2.98. The lowest BCUT2D eigenvalue weighted by molar-refractivity contribution is -0.274. The van der Waals surface area contributed by atoms with Crippen LogP contribution in [-0.4, -0.2) is 66.6 Å². The predicted molar refractivity (Wildman–Crippen MR) is 109 cm³/mol. The topological polar surface area (TPSA) is 54.9 Å². The lowest BCUT2D eigenvalue weighted by Crippen LogP contribution is -2.52. The second-order valence-corrected chi connectivity index (χ2v) is 8.75. The van der Waals surface area contributed by atoms with E-state index in [1.165, 1.54) is 12.1 Å². The van der Waals surface area contributed by atoms with E-state index in [9.17, 15) is 18.0 Å². The summed E-state index contributed by atoms with van der Waals surface area (Å²) in [5.74, 6) is -0.179. The minimum Gasteiger partial charge on any atom is -0.406 e. The van der Waals surface area contributed by atoms with Gasteiger partial charge in [0.25, 0.3) is 0 Å². The zero-order valence-electron chi connectivity index (χ0n) is 17.1. The van der Waals surface area contributed by atoms with Crippen LogP contribution in [0.2, 0.25) is 0 Å². The maximum Gasteiger partial charge on any atom is 0.573 e. The van der Waals surface area contributed by atoms with Crippen LogP contribution in [0.5, 0.6) is 5.75 Å². The van der Waals surface area contributed by atoms with Crippen molar-refractivity contribution in [3.63, 3.8) is 0 Å². The van der Waals surface area contributed by atoms with Crippen molar-refractivity contribution in [3.05, 3.63) is 45.9 Å². The maximum atomic E-state index is 13.2. The van der Waals surface area contributed by atoms with Crippen molar-refractivity contribution in [1.82, 2.24) is 14.8 Å². The third-order valence-corrected chi connectivity index (χ3v) is 6.70. The third kappa shape index (κ3) is 5.48. The zero-order valence-corrected chi connectivity index (χ0v) is 17.9. The van der Waals surface area contributed by atoms with E-state index in [0.717, 1.165) is 22.7 Å². The molecule has 0 N–H and O–H groups in total. The minimum atomic E-state index is -4.72. The number of urea groups is 1. The van der Waals surface area contributed by atoms with E-state index in [1.54, 1.807) is 28.4 Å². The van der Waals surface area contributed by atoms with Crippen molar-refractivity contribution in [1.29, 1.82) is 0 Å². The van der Waals surface area contributed by atoms with Gasteiger partial charge in [-0.2, -0.15) is 0 Å². The van der Waals surface area contributed by atoms with Crippen LogP contribution in [0, 0.1) is 6.92 Å². The molecule has 2 unspecified atom stereocenters. The zero-order chi connectivity index (χ0) is 22.0. The van der Waals surface area contributed by atoms with Crippen LogP contribution in [0.15, 0.2) is 29.6 Å². The highest BCUT2D eigenvalue weighted by molar-refractivity contribution is 7.09. The van der Waals surface area contributed by atoms with Gasteiger partial charge >= 0.3 is 12.4 Å². The van der Waals surface area contributed by atoms with Crippen LogP contribution >= 0.6 is 11.3 Å². The number of carbonyl (C=O) groups excluding carboxylic acids is 1. The summed E-state index contributed by atoms with van der Waals surface area (Å²) in [6.45, 7) is 5.20. The molecular formula is C21H24F3N3O3S. The molecule has 0 aliphatic carbocycles. The van der Waals surface area contributed by atoms with Gasteiger partial charge in [0, 0.05) is 49.1 Å². The molecule has 4 rings (SSSR count). The number of halogens is 3. The van der Waals surface area contributed by atoms with Crippen molar-refractivity contribution in [3.8, 4) is 5.75 Å². The Balaban J connectivity index is 1.54. The first-order chi connectivity index (χ1) is 14.8. The number of benzene rings is 1. The Morgan fingerprint density at radius 2 is 1.81 bits per heavy atom. The van der Waals surface area contributed by atoms with Crippen LogP contribution in [-0.2, 0) is 4.74 Å². The van der Waals surface area contributed by atoms with Gasteiger partial charge in [-0.25, -0.2) is 9.78 Å². The van der Waals surface area contributed by atoms with Gasteiger partial charge in [-0.3, -0.25) is 0 Å². The summed E-state index contributed by atoms with van der Waals surface area (Å²) in [6.07, 6.45) is -3.94. The Morgan fingerprint density at radius 3 is 2.42 bits per heavy atom. The average Bonchev–Trinajstić information content (AvgIpc) is 3.19. The number of likely N-dealkylation sites (tertiary alicyclic amines) is 1. The van der Waals surface area contributed by atoms with Crippen molar-refractivity contribution < 1.29 is 27.4 Å². The summed E-state index contributed by atoms with van der Waals surface area (Å²) in [4.78, 5) is 21.4. The monoisotopic (exact) mass is 455 g/mol. The molecule has 0 saturated carbocycles. The van der Waals surface area contributed by atoms with Gasteiger partial charge in [0.2, 0.25) is 0 Å². The first-order valence-electron chi connectivity index (χ1n) is 10.2. The Bertz CT molecular complexity index is 897. The molecule has 6 nitrogen and oxygen atoms in total. The maximum absolute atomic E-state index is 13.2. The van der Waals surface area contributed by atoms with Crippen LogP contribution in [0.3, 0.4) is 0 Å². The van der Waals surface area contributed by atoms with Gasteiger partial charge < -0.3 is 19.3 Å². The van der Waals surface area contributed by atoms with E-state index in [0.29, 0.717) is 39.4 Å². The number of carbonyl (C=O) groups is 1. The highest BCUT2D eigenvalue weighted by Crippen LogP contribution is 2.38. The summed E-state index contributed by atoms with van der Waals surface area (Å²) in [5.41, 5.74) is 1.83. The highest BCUT2D eigenvalue weighted by Gasteiger charge is 2.35. The molecule has 10 heteroatoms. The molecule has 2 saturated heterocycles. The Kier molecular flexibility index (Phi) is 6.38. The van der Waals surface area contributed by atoms with Crippen LogP contribution in [0.1, 0.15) is 34.5 Å². The fraction of sp³-hybridized carbons (Fsp3) is 0.524. The van der Waals surface area contributed by atoms with Gasteiger partial charge in [-0.15, -0.1) is 24.5 Å². The van der Waals surface area contributed by atoms with Crippen LogP contribution in [0.25, 0.3) is 0 Å². The number of nitrogens with zero attached hydrogens (tertiary/aromatic N) is 3. The van der Waals surface area contributed by atoms with Gasteiger partial charge in [-0.05, 0) is 31.0 Å². The number of hydrogen-bond acceptors (Lipinski definition) is 5. The number of morpholine rings is 1. The van der Waals surface area contributed by atoms with Crippen LogP contribution in [0.4, 0.5) is 18.0 Å². The third-order valence-electron chi connectivity index (χ3n) is 5.57. The number of piperidine rings is 1. The molecule has 168 valence electrons. The lowest BCUT2D eigenvalue weighted by atomic mass is 9.84. The number of aromatic nitrogens is 1. The number of alkyl halides is 3. The van der Waals surface area contributed by atoms with Crippen molar-refractivity contribution in [2.45, 2.75) is 31.5 Å². The number of hydrogen-bond donors (Lipinski definition) is 0. The summed E-state index contributed by atoms with van der Waals surface area (Å²) in [6, 6.07) is 5.93. The number of rotatable bonds is 3. The lowest BCUT2D eigenvalue weighted by Gasteiger charge is -2.40. The molecule has 0 radical (unpaired) electrons. The Morgan fingerprint density at radius 1 is 1.13 bits per heavy atom. The van der Waals surface area contributed by atoms with Crippen molar-refractivity contribution in [2.24, 2.45) is 0 Å². The molecule has 2 fully saturated rings. The van der Waals surface area contributed by atoms with E-state index in [4.69, 9.17) is 4.74 Å². The number of aryl methyl sites for hydroxylation is 1. The van der Waals surface area contributed by atoms with Crippen molar-refractivity contribution >= 4 is 17.4 Å². The smallest absolute Gasteiger partial charge is 0.406 e. The van der Waals surface area contributed by atoms with Gasteiger partial charge in [-0.1, -0.05) is 12.1 Å². The fourth-order valence-corrected chi connectivity index (χ4v) is 5.04. The Hall–Kier alpha value is -2.33. The van der Waals surface area contributed by atoms with E-state index in [1.807, 2.05) is 17.2 Å². The molecule has 2 amide bonds. The number of thiazole rings is 1. The van der Waals surface area contributed by atoms with E-state index < -0.39 is 6.36 Å². The van der Waals surface area contributed by atoms with Crippen molar-refractivity contribution in [2.75, 3.05) is 39.4 Å². The van der Waals surface area contributed by atoms with E-state index in [-0.39, 0.29) is 23.6 Å². The fourth-order valence-electron chi connectivity index (χ4n) is 4.13. The molecule has 2 aromatic rings. The molecule has 3 heterocycles. The first-order valence-corrected chi connectivity index (χ1v) is 11.1. The van der Waals surface area contributed by atoms with Gasteiger partial charge in [0.15, 0.2) is 0 Å². The summed E-state index contributed by atoms with van der Waals surface area (Å²) >= 11 is 1.58. The summed E-state index contributed by atoms with van der Waals surface area (Å²) in [7, 11) is 0. The molecule has 0 bridgehead atoms. The average molecular weight is 456 g/mol. The second-order valence-electron chi connectivity index (χ2n) is 7.86. The molecule has 31 heavy (non-hydrogen) atoms. The highest BCUT2D eigenvalue weighted by atomic mass is 32.1. The molecule has 2 aliphatic rings. The normalized spacial score (nSPS) is 22.5. The SMILES string of the molecule is Cc1csc(C2CC(c3ccc(OC(F)(F)F)cc3)CN(C(=O)N3CCOCC3)C2)n1. The standard InChI is InChI=1S/C21H24F3N3O3S/c1-14-13-31-19(25-14)17-10-16(15-2-4-18(5-3-15)30-21(22,23)24)11-27(12-17)20(28)26-6-8-29-9-7-26/h2-5,13,16-17H,6-12H2,1H3. The van der Waals surface area contributed by atoms with Gasteiger partial charge in [0.1, 0.15) is 5.75 Å². The quantitative estimate of drug-likeness (QED) is 0.690. The second kappa shape index (κ2) is 9.04. The van der Waals surface area contributed by atoms with E-state index in [2.05, 4.69) is 9.72 Å². The van der Waals surface area contributed by atoms with E-state index >= 15 is 0 Å².